The zero-order valence-electron chi connectivity index (χ0n) is 17.0. The lowest BCUT2D eigenvalue weighted by molar-refractivity contribution is 0.0946. The summed E-state index contributed by atoms with van der Waals surface area (Å²) >= 11 is 7.61. The fourth-order valence-corrected chi connectivity index (χ4v) is 4.23. The second-order valence-electron chi connectivity index (χ2n) is 7.37. The van der Waals surface area contributed by atoms with Crippen LogP contribution in [0.4, 0.5) is 5.82 Å². The van der Waals surface area contributed by atoms with E-state index >= 15 is 0 Å². The molecule has 29 heavy (non-hydrogen) atoms. The van der Waals surface area contributed by atoms with Crippen molar-refractivity contribution in [2.75, 3.05) is 45.2 Å². The average molecular weight is 434 g/mol. The Kier molecular flexibility index (Phi) is 8.15. The first-order valence-electron chi connectivity index (χ1n) is 9.95. The summed E-state index contributed by atoms with van der Waals surface area (Å²) in [6.07, 6.45) is 3.86. The van der Waals surface area contributed by atoms with Crippen molar-refractivity contribution in [3.63, 3.8) is 0 Å². The minimum Gasteiger partial charge on any atom is -0.363 e. The minimum absolute atomic E-state index is 0.0185. The van der Waals surface area contributed by atoms with Crippen LogP contribution in [0.5, 0.6) is 0 Å². The average Bonchev–Trinajstić information content (AvgIpc) is 2.73. The van der Waals surface area contributed by atoms with Gasteiger partial charge in [0, 0.05) is 44.6 Å². The van der Waals surface area contributed by atoms with E-state index in [1.165, 1.54) is 31.0 Å². The van der Waals surface area contributed by atoms with E-state index < -0.39 is 0 Å². The quantitative estimate of drug-likeness (QED) is 0.389. The summed E-state index contributed by atoms with van der Waals surface area (Å²) in [6, 6.07) is 9.44. The molecule has 1 saturated heterocycles. The minimum atomic E-state index is -0.0185. The summed E-state index contributed by atoms with van der Waals surface area (Å²) in [7, 11) is 3.84. The molecule has 1 aromatic heterocycles. The normalized spacial score (nSPS) is 14.6. The van der Waals surface area contributed by atoms with Crippen LogP contribution in [-0.4, -0.2) is 61.0 Å². The second-order valence-corrected chi connectivity index (χ2v) is 8.70. The Morgan fingerprint density at radius 3 is 2.59 bits per heavy atom. The predicted molar refractivity (Wildman–Crippen MR) is 120 cm³/mol. The molecule has 0 atom stereocenters. The molecule has 1 fully saturated rings. The topological polar surface area (TPSA) is 61.4 Å². The van der Waals surface area contributed by atoms with Gasteiger partial charge >= 0.3 is 0 Å². The Morgan fingerprint density at radius 2 is 1.90 bits per heavy atom. The molecule has 1 aliphatic rings. The first-order chi connectivity index (χ1) is 14.0. The third kappa shape index (κ3) is 6.87. The third-order valence-electron chi connectivity index (χ3n) is 4.87. The van der Waals surface area contributed by atoms with Crippen LogP contribution < -0.4 is 10.2 Å². The molecule has 0 unspecified atom stereocenters. The Balaban J connectivity index is 1.47. The lowest BCUT2D eigenvalue weighted by Crippen LogP contribution is -2.37. The molecule has 0 radical (unpaired) electrons. The highest BCUT2D eigenvalue weighted by Crippen LogP contribution is 2.24. The largest absolute Gasteiger partial charge is 0.363 e. The van der Waals surface area contributed by atoms with Gasteiger partial charge in [0.25, 0.3) is 5.91 Å². The number of nitrogens with one attached hydrogen (secondary N) is 1. The van der Waals surface area contributed by atoms with Crippen LogP contribution >= 0.6 is 23.4 Å². The standard InChI is InChI=1S/C21H28ClN5OS/c1-26(2)19-14-18(22)24-21(25-19)29-15-16-6-8-17(9-7-16)20(28)23-10-13-27-11-4-3-5-12-27/h6-9,14H,3-5,10-13,15H2,1-2H3,(H,23,28). The van der Waals surface area contributed by atoms with E-state index in [0.717, 1.165) is 31.0 Å². The van der Waals surface area contributed by atoms with Gasteiger partial charge in [0.15, 0.2) is 5.16 Å². The van der Waals surface area contributed by atoms with Crippen LogP contribution in [-0.2, 0) is 5.75 Å². The van der Waals surface area contributed by atoms with Gasteiger partial charge in [-0.25, -0.2) is 9.97 Å². The Bertz CT molecular complexity index is 809. The molecule has 1 aliphatic heterocycles. The van der Waals surface area contributed by atoms with E-state index in [4.69, 9.17) is 11.6 Å². The summed E-state index contributed by atoms with van der Waals surface area (Å²) in [5.74, 6) is 1.48. The monoisotopic (exact) mass is 433 g/mol. The highest BCUT2D eigenvalue weighted by molar-refractivity contribution is 7.98. The first kappa shape index (κ1) is 21.9. The third-order valence-corrected chi connectivity index (χ3v) is 5.98. The van der Waals surface area contributed by atoms with Crippen molar-refractivity contribution in [1.29, 1.82) is 0 Å². The van der Waals surface area contributed by atoms with Crippen molar-refractivity contribution >= 4 is 35.1 Å². The van der Waals surface area contributed by atoms with Crippen LogP contribution in [0.3, 0.4) is 0 Å². The first-order valence-corrected chi connectivity index (χ1v) is 11.3. The van der Waals surface area contributed by atoms with Gasteiger partial charge in [-0.15, -0.1) is 0 Å². The number of carbonyl (C=O) groups is 1. The van der Waals surface area contributed by atoms with Gasteiger partial charge in [0.1, 0.15) is 11.0 Å². The molecule has 6 nitrogen and oxygen atoms in total. The zero-order chi connectivity index (χ0) is 20.6. The maximum Gasteiger partial charge on any atom is 0.251 e. The van der Waals surface area contributed by atoms with Gasteiger partial charge in [-0.3, -0.25) is 4.79 Å². The lowest BCUT2D eigenvalue weighted by atomic mass is 10.1. The van der Waals surface area contributed by atoms with Gasteiger partial charge in [0.05, 0.1) is 0 Å². The van der Waals surface area contributed by atoms with Crippen LogP contribution in [0.2, 0.25) is 5.15 Å². The number of piperidine rings is 1. The molecule has 2 heterocycles. The summed E-state index contributed by atoms with van der Waals surface area (Å²) in [5, 5.41) is 4.09. The molecule has 1 amide bonds. The molecule has 156 valence electrons. The van der Waals surface area contributed by atoms with Gasteiger partial charge < -0.3 is 15.1 Å². The molecular weight excluding hydrogens is 406 g/mol. The Labute approximate surface area is 182 Å². The summed E-state index contributed by atoms with van der Waals surface area (Å²) < 4.78 is 0. The number of nitrogens with zero attached hydrogens (tertiary/aromatic N) is 4. The number of halogens is 1. The van der Waals surface area contributed by atoms with Crippen LogP contribution in [0.25, 0.3) is 0 Å². The number of aromatic nitrogens is 2. The number of carbonyl (C=O) groups excluding carboxylic acids is 1. The molecule has 0 bridgehead atoms. The van der Waals surface area contributed by atoms with Crippen molar-refractivity contribution in [2.45, 2.75) is 30.2 Å². The van der Waals surface area contributed by atoms with E-state index in [2.05, 4.69) is 20.2 Å². The number of likely N-dealkylation sites (tertiary alicyclic amines) is 1. The Morgan fingerprint density at radius 1 is 1.17 bits per heavy atom. The SMILES string of the molecule is CN(C)c1cc(Cl)nc(SCc2ccc(C(=O)NCCN3CCCCC3)cc2)n1. The van der Waals surface area contributed by atoms with Crippen molar-refractivity contribution in [3.05, 3.63) is 46.6 Å². The van der Waals surface area contributed by atoms with Crippen molar-refractivity contribution in [3.8, 4) is 0 Å². The maximum absolute atomic E-state index is 12.3. The maximum atomic E-state index is 12.3. The summed E-state index contributed by atoms with van der Waals surface area (Å²) in [5.41, 5.74) is 1.79. The molecule has 0 saturated carbocycles. The van der Waals surface area contributed by atoms with Crippen LogP contribution in [0, 0.1) is 0 Å². The highest BCUT2D eigenvalue weighted by atomic mass is 35.5. The van der Waals surface area contributed by atoms with E-state index in [1.54, 1.807) is 6.07 Å². The summed E-state index contributed by atoms with van der Waals surface area (Å²) in [4.78, 5) is 25.4. The van der Waals surface area contributed by atoms with Crippen molar-refractivity contribution < 1.29 is 4.79 Å². The lowest BCUT2D eigenvalue weighted by Gasteiger charge is -2.26. The molecule has 2 aromatic rings. The Hall–Kier alpha value is -1.83. The number of hydrogen-bond donors (Lipinski definition) is 1. The fourth-order valence-electron chi connectivity index (χ4n) is 3.19. The molecule has 0 aliphatic carbocycles. The van der Waals surface area contributed by atoms with Gasteiger partial charge in [-0.1, -0.05) is 41.9 Å². The molecule has 8 heteroatoms. The van der Waals surface area contributed by atoms with Gasteiger partial charge in [0.2, 0.25) is 0 Å². The zero-order valence-corrected chi connectivity index (χ0v) is 18.6. The predicted octanol–water partition coefficient (Wildman–Crippen LogP) is 3.70. The summed E-state index contributed by atoms with van der Waals surface area (Å²) in [6.45, 7) is 3.91. The molecule has 1 aromatic carbocycles. The fraction of sp³-hybridized carbons (Fsp3) is 0.476. The second kappa shape index (κ2) is 10.8. The highest BCUT2D eigenvalue weighted by Gasteiger charge is 2.11. The number of amides is 1. The molecule has 3 rings (SSSR count). The van der Waals surface area contributed by atoms with Gasteiger partial charge in [-0.05, 0) is 43.6 Å². The number of rotatable bonds is 8. The number of anilines is 1. The van der Waals surface area contributed by atoms with E-state index in [-0.39, 0.29) is 5.91 Å². The number of benzene rings is 1. The number of hydrogen-bond acceptors (Lipinski definition) is 6. The molecular formula is C21H28ClN5OS. The number of thioether (sulfide) groups is 1. The molecule has 0 spiro atoms. The molecule has 1 N–H and O–H groups in total. The van der Waals surface area contributed by atoms with Crippen molar-refractivity contribution in [1.82, 2.24) is 20.2 Å². The van der Waals surface area contributed by atoms with Gasteiger partial charge in [-0.2, -0.15) is 0 Å². The van der Waals surface area contributed by atoms with Crippen molar-refractivity contribution in [2.24, 2.45) is 0 Å². The van der Waals surface area contributed by atoms with E-state index in [1.807, 2.05) is 43.3 Å². The van der Waals surface area contributed by atoms with E-state index in [9.17, 15) is 4.79 Å². The van der Waals surface area contributed by atoms with Crippen LogP contribution in [0.15, 0.2) is 35.5 Å². The van der Waals surface area contributed by atoms with E-state index in [0.29, 0.717) is 28.2 Å². The smallest absolute Gasteiger partial charge is 0.251 e. The van der Waals surface area contributed by atoms with Crippen LogP contribution in [0.1, 0.15) is 35.2 Å².